The Morgan fingerprint density at radius 2 is 2.25 bits per heavy atom. The Kier molecular flexibility index (Phi) is 5.33. The molecule has 68 valence electrons. The van der Waals surface area contributed by atoms with E-state index in [0.717, 1.165) is 6.21 Å². The van der Waals surface area contributed by atoms with Gasteiger partial charge in [-0.25, -0.2) is 15.0 Å². The Morgan fingerprint density at radius 1 is 1.58 bits per heavy atom. The summed E-state index contributed by atoms with van der Waals surface area (Å²) in [6, 6.07) is -0.490. The Morgan fingerprint density at radius 3 is 2.75 bits per heavy atom. The van der Waals surface area contributed by atoms with Crippen molar-refractivity contribution in [3.05, 3.63) is 0 Å². The number of esters is 1. The van der Waals surface area contributed by atoms with Crippen molar-refractivity contribution in [1.29, 1.82) is 0 Å². The van der Waals surface area contributed by atoms with E-state index in [-0.39, 0.29) is 6.61 Å². The van der Waals surface area contributed by atoms with Crippen molar-refractivity contribution >= 4 is 18.2 Å². The normalized spacial score (nSPS) is 9.50. The van der Waals surface area contributed by atoms with E-state index >= 15 is 0 Å². The molecule has 0 heterocycles. The van der Waals surface area contributed by atoms with Crippen LogP contribution >= 0.6 is 0 Å². The Balaban J connectivity index is 3.61. The second kappa shape index (κ2) is 6.14. The average molecular weight is 173 g/mol. The lowest BCUT2D eigenvalue weighted by atomic mass is 10.7. The minimum atomic E-state index is -0.589. The lowest BCUT2D eigenvalue weighted by Crippen LogP contribution is -2.29. The van der Waals surface area contributed by atoms with Crippen LogP contribution in [0.2, 0.25) is 0 Å². The van der Waals surface area contributed by atoms with E-state index < -0.39 is 12.0 Å². The van der Waals surface area contributed by atoms with E-state index in [0.29, 0.717) is 0 Å². The number of amides is 2. The molecular weight excluding hydrogens is 162 g/mol. The van der Waals surface area contributed by atoms with Crippen LogP contribution in [0.25, 0.3) is 0 Å². The highest BCUT2D eigenvalue weighted by atomic mass is 16.5. The minimum absolute atomic E-state index is 0.283. The molecule has 6 nitrogen and oxygen atoms in total. The molecule has 0 radical (unpaired) electrons. The van der Waals surface area contributed by atoms with Crippen molar-refractivity contribution in [1.82, 2.24) is 10.7 Å². The van der Waals surface area contributed by atoms with Crippen LogP contribution in [-0.4, -0.2) is 31.9 Å². The predicted octanol–water partition coefficient (Wildman–Crippen LogP) is -0.536. The predicted molar refractivity (Wildman–Crippen MR) is 42.7 cm³/mol. The van der Waals surface area contributed by atoms with E-state index in [1.807, 2.05) is 5.43 Å². The Bertz CT molecular complexity index is 190. The van der Waals surface area contributed by atoms with E-state index in [9.17, 15) is 9.59 Å². The molecule has 0 aromatic rings. The van der Waals surface area contributed by atoms with E-state index in [1.54, 1.807) is 6.92 Å². The number of ether oxygens (including phenoxy) is 1. The molecule has 2 amide bonds. The highest BCUT2D eigenvalue weighted by molar-refractivity contribution is 6.23. The van der Waals surface area contributed by atoms with Gasteiger partial charge in [-0.3, -0.25) is 0 Å². The van der Waals surface area contributed by atoms with Crippen molar-refractivity contribution in [3.63, 3.8) is 0 Å². The summed E-state index contributed by atoms with van der Waals surface area (Å²) in [5.74, 6) is -0.589. The molecule has 0 saturated carbocycles. The van der Waals surface area contributed by atoms with Crippen LogP contribution in [0.5, 0.6) is 0 Å². The highest BCUT2D eigenvalue weighted by Crippen LogP contribution is 1.72. The number of urea groups is 1. The van der Waals surface area contributed by atoms with Crippen LogP contribution in [0.4, 0.5) is 4.79 Å². The molecule has 0 unspecified atom stereocenters. The molecule has 0 aliphatic rings. The number of rotatable bonds is 3. The second-order valence-electron chi connectivity index (χ2n) is 1.70. The fourth-order valence-electron chi connectivity index (χ4n) is 0.379. The summed E-state index contributed by atoms with van der Waals surface area (Å²) in [6.45, 7) is 1.96. The van der Waals surface area contributed by atoms with Gasteiger partial charge < -0.3 is 10.1 Å². The number of hydrogen-bond acceptors (Lipinski definition) is 4. The van der Waals surface area contributed by atoms with Gasteiger partial charge >= 0.3 is 12.0 Å². The second-order valence-corrected chi connectivity index (χ2v) is 1.70. The zero-order valence-corrected chi connectivity index (χ0v) is 6.96. The smallest absolute Gasteiger partial charge is 0.351 e. The molecule has 0 rings (SSSR count). The third-order valence-corrected chi connectivity index (χ3v) is 0.850. The van der Waals surface area contributed by atoms with Gasteiger partial charge in [0.2, 0.25) is 0 Å². The zero-order chi connectivity index (χ0) is 9.40. The summed E-state index contributed by atoms with van der Waals surface area (Å²) in [4.78, 5) is 21.0. The lowest BCUT2D eigenvalue weighted by molar-refractivity contribution is -0.134. The first-order valence-electron chi connectivity index (χ1n) is 3.38. The van der Waals surface area contributed by atoms with Crippen LogP contribution in [0.1, 0.15) is 6.92 Å². The molecule has 0 bridgehead atoms. The van der Waals surface area contributed by atoms with Gasteiger partial charge in [-0.05, 0) is 6.92 Å². The molecular formula is C6H11N3O3. The Hall–Kier alpha value is -1.59. The summed E-state index contributed by atoms with van der Waals surface area (Å²) in [5, 5.41) is 5.55. The first-order valence-corrected chi connectivity index (χ1v) is 3.38. The van der Waals surface area contributed by atoms with Crippen molar-refractivity contribution in [2.75, 3.05) is 13.7 Å². The standard InChI is InChI=1S/C6H11N3O3/c1-3-12-5(10)4-8-9-6(11)7-2/h4H,3H2,1-2H3,(H2,7,9,11)/b8-4+. The SMILES string of the molecule is CCOC(=O)/C=N/NC(=O)NC. The zero-order valence-electron chi connectivity index (χ0n) is 6.96. The van der Waals surface area contributed by atoms with Gasteiger partial charge in [-0.1, -0.05) is 0 Å². The van der Waals surface area contributed by atoms with Gasteiger partial charge in [0, 0.05) is 7.05 Å². The van der Waals surface area contributed by atoms with Gasteiger partial charge in [0.1, 0.15) is 6.21 Å². The Labute approximate surface area is 70.0 Å². The maximum Gasteiger partial charge on any atom is 0.351 e. The van der Waals surface area contributed by atoms with Crippen molar-refractivity contribution in [2.24, 2.45) is 5.10 Å². The van der Waals surface area contributed by atoms with Crippen molar-refractivity contribution in [2.45, 2.75) is 6.92 Å². The molecule has 0 aromatic carbocycles. The first-order chi connectivity index (χ1) is 5.70. The molecule has 0 fully saturated rings. The molecule has 6 heteroatoms. The summed E-state index contributed by atoms with van der Waals surface area (Å²) in [5.41, 5.74) is 2.04. The quantitative estimate of drug-likeness (QED) is 0.342. The number of hydrogen-bond donors (Lipinski definition) is 2. The molecule has 0 aliphatic carbocycles. The van der Waals surface area contributed by atoms with E-state index in [1.165, 1.54) is 7.05 Å². The molecule has 0 atom stereocenters. The molecule has 0 saturated heterocycles. The van der Waals surface area contributed by atoms with Gasteiger partial charge in [0.05, 0.1) is 6.61 Å². The molecule has 0 aliphatic heterocycles. The van der Waals surface area contributed by atoms with Crippen LogP contribution in [-0.2, 0) is 9.53 Å². The van der Waals surface area contributed by atoms with Crippen LogP contribution < -0.4 is 10.7 Å². The minimum Gasteiger partial charge on any atom is -0.462 e. The van der Waals surface area contributed by atoms with E-state index in [2.05, 4.69) is 15.2 Å². The largest absolute Gasteiger partial charge is 0.462 e. The molecule has 0 spiro atoms. The third kappa shape index (κ3) is 5.21. The number of carbonyl (C=O) groups excluding carboxylic acids is 2. The number of hydrazone groups is 1. The van der Waals surface area contributed by atoms with Crippen LogP contribution in [0.3, 0.4) is 0 Å². The molecule has 2 N–H and O–H groups in total. The maximum atomic E-state index is 10.6. The lowest BCUT2D eigenvalue weighted by Gasteiger charge is -1.96. The van der Waals surface area contributed by atoms with Crippen molar-refractivity contribution in [3.8, 4) is 0 Å². The first kappa shape index (κ1) is 10.4. The number of carbonyl (C=O) groups is 2. The number of nitrogens with one attached hydrogen (secondary N) is 2. The van der Waals surface area contributed by atoms with Gasteiger partial charge in [-0.2, -0.15) is 5.10 Å². The van der Waals surface area contributed by atoms with Gasteiger partial charge in [0.25, 0.3) is 0 Å². The highest BCUT2D eigenvalue weighted by Gasteiger charge is 1.95. The summed E-state index contributed by atoms with van der Waals surface area (Å²) in [6.07, 6.45) is 0.888. The van der Waals surface area contributed by atoms with Crippen molar-refractivity contribution < 1.29 is 14.3 Å². The topological polar surface area (TPSA) is 79.8 Å². The fourth-order valence-corrected chi connectivity index (χ4v) is 0.379. The van der Waals surface area contributed by atoms with Gasteiger partial charge in [0.15, 0.2) is 0 Å². The average Bonchev–Trinajstić information content (AvgIpc) is 2.04. The summed E-state index contributed by atoms with van der Waals surface area (Å²) >= 11 is 0. The third-order valence-electron chi connectivity index (χ3n) is 0.850. The fraction of sp³-hybridized carbons (Fsp3) is 0.500. The van der Waals surface area contributed by atoms with Gasteiger partial charge in [-0.15, -0.1) is 0 Å². The molecule has 0 aromatic heterocycles. The summed E-state index contributed by atoms with van der Waals surface area (Å²) in [7, 11) is 1.44. The van der Waals surface area contributed by atoms with Crippen LogP contribution in [0.15, 0.2) is 5.10 Å². The monoisotopic (exact) mass is 173 g/mol. The molecule has 12 heavy (non-hydrogen) atoms. The van der Waals surface area contributed by atoms with E-state index in [4.69, 9.17) is 0 Å². The van der Waals surface area contributed by atoms with Crippen LogP contribution in [0, 0.1) is 0 Å². The summed E-state index contributed by atoms with van der Waals surface area (Å²) < 4.78 is 4.50. The number of nitrogens with zero attached hydrogens (tertiary/aromatic N) is 1. The maximum absolute atomic E-state index is 10.6.